The highest BCUT2D eigenvalue weighted by Crippen LogP contribution is 2.24. The maximum absolute atomic E-state index is 4.16. The standard InChI is InChI=1S/C8H8N2S.C2H6/c1-5-3-7-8(11-5)6(2)9-4-10-7;1-2/h3-4H,1-2H3;1-2H3. The normalized spacial score (nSPS) is 9.54. The van der Waals surface area contributed by atoms with E-state index in [0.29, 0.717) is 0 Å². The van der Waals surface area contributed by atoms with E-state index in [4.69, 9.17) is 0 Å². The lowest BCUT2D eigenvalue weighted by atomic mass is 10.4. The minimum Gasteiger partial charge on any atom is -0.240 e. The van der Waals surface area contributed by atoms with Crippen LogP contribution in [0.1, 0.15) is 24.4 Å². The summed E-state index contributed by atoms with van der Waals surface area (Å²) in [7, 11) is 0. The first-order chi connectivity index (χ1) is 6.27. The molecule has 0 unspecified atom stereocenters. The lowest BCUT2D eigenvalue weighted by Crippen LogP contribution is -1.80. The van der Waals surface area contributed by atoms with Gasteiger partial charge in [0.05, 0.1) is 15.9 Å². The summed E-state index contributed by atoms with van der Waals surface area (Å²) in [5.41, 5.74) is 2.15. The Kier molecular flexibility index (Phi) is 3.37. The molecule has 0 saturated carbocycles. The SMILES string of the molecule is CC.Cc1cc2ncnc(C)c2s1. The van der Waals surface area contributed by atoms with Crippen molar-refractivity contribution in [3.05, 3.63) is 23.0 Å². The Labute approximate surface area is 82.7 Å². The van der Waals surface area contributed by atoms with Crippen molar-refractivity contribution in [1.29, 1.82) is 0 Å². The van der Waals surface area contributed by atoms with Gasteiger partial charge in [0.1, 0.15) is 6.33 Å². The van der Waals surface area contributed by atoms with E-state index >= 15 is 0 Å². The Morgan fingerprint density at radius 2 is 1.85 bits per heavy atom. The molecule has 13 heavy (non-hydrogen) atoms. The second-order valence-corrected chi connectivity index (χ2v) is 3.79. The molecule has 2 rings (SSSR count). The van der Waals surface area contributed by atoms with Crippen LogP contribution in [0.5, 0.6) is 0 Å². The predicted octanol–water partition coefficient (Wildman–Crippen LogP) is 3.33. The van der Waals surface area contributed by atoms with E-state index in [2.05, 4.69) is 23.0 Å². The zero-order valence-corrected chi connectivity index (χ0v) is 9.27. The molecule has 0 aliphatic heterocycles. The van der Waals surface area contributed by atoms with Crippen LogP contribution in [0.25, 0.3) is 10.2 Å². The summed E-state index contributed by atoms with van der Waals surface area (Å²) in [6.45, 7) is 8.10. The van der Waals surface area contributed by atoms with Crippen molar-refractivity contribution in [2.45, 2.75) is 27.7 Å². The molecule has 2 aromatic heterocycles. The molecule has 0 saturated heterocycles. The van der Waals surface area contributed by atoms with E-state index in [9.17, 15) is 0 Å². The summed E-state index contributed by atoms with van der Waals surface area (Å²) >= 11 is 1.75. The van der Waals surface area contributed by atoms with E-state index in [0.717, 1.165) is 11.2 Å². The molecule has 70 valence electrons. The zero-order valence-electron chi connectivity index (χ0n) is 8.46. The van der Waals surface area contributed by atoms with Crippen molar-refractivity contribution in [3.63, 3.8) is 0 Å². The summed E-state index contributed by atoms with van der Waals surface area (Å²) < 4.78 is 1.21. The van der Waals surface area contributed by atoms with Crippen molar-refractivity contribution in [3.8, 4) is 0 Å². The quantitative estimate of drug-likeness (QED) is 0.643. The number of fused-ring (bicyclic) bond motifs is 1. The van der Waals surface area contributed by atoms with Gasteiger partial charge in [-0.15, -0.1) is 11.3 Å². The van der Waals surface area contributed by atoms with E-state index in [1.165, 1.54) is 9.58 Å². The van der Waals surface area contributed by atoms with E-state index in [-0.39, 0.29) is 0 Å². The van der Waals surface area contributed by atoms with Gasteiger partial charge in [-0.3, -0.25) is 0 Å². The van der Waals surface area contributed by atoms with Gasteiger partial charge < -0.3 is 0 Å². The van der Waals surface area contributed by atoms with Crippen LogP contribution in [0.15, 0.2) is 12.4 Å². The lowest BCUT2D eigenvalue weighted by Gasteiger charge is -1.89. The first-order valence-corrected chi connectivity index (χ1v) is 5.27. The second kappa shape index (κ2) is 4.33. The van der Waals surface area contributed by atoms with Crippen molar-refractivity contribution >= 4 is 21.6 Å². The van der Waals surface area contributed by atoms with Crippen LogP contribution in [-0.2, 0) is 0 Å². The van der Waals surface area contributed by atoms with Crippen LogP contribution < -0.4 is 0 Å². The third kappa shape index (κ3) is 2.04. The Bertz CT molecular complexity index is 393. The molecule has 0 N–H and O–H groups in total. The molecule has 3 heteroatoms. The molecule has 0 aliphatic rings. The molecule has 0 atom stereocenters. The maximum atomic E-state index is 4.16. The molecule has 0 aliphatic carbocycles. The van der Waals surface area contributed by atoms with Crippen LogP contribution in [-0.4, -0.2) is 9.97 Å². The lowest BCUT2D eigenvalue weighted by molar-refractivity contribution is 1.16. The molecule has 0 bridgehead atoms. The Balaban J connectivity index is 0.000000396. The third-order valence-corrected chi connectivity index (χ3v) is 2.76. The number of aromatic nitrogens is 2. The number of thiophene rings is 1. The summed E-state index contributed by atoms with van der Waals surface area (Å²) in [5.74, 6) is 0. The first kappa shape index (κ1) is 10.1. The van der Waals surface area contributed by atoms with Crippen LogP contribution in [0.3, 0.4) is 0 Å². The summed E-state index contributed by atoms with van der Waals surface area (Å²) in [6.07, 6.45) is 1.61. The molecule has 0 radical (unpaired) electrons. The number of aryl methyl sites for hydroxylation is 2. The Morgan fingerprint density at radius 1 is 1.15 bits per heavy atom. The molecule has 2 aromatic rings. The summed E-state index contributed by atoms with van der Waals surface area (Å²) in [4.78, 5) is 9.58. The predicted molar refractivity (Wildman–Crippen MR) is 58.2 cm³/mol. The topological polar surface area (TPSA) is 25.8 Å². The molecule has 0 spiro atoms. The van der Waals surface area contributed by atoms with Gasteiger partial charge in [0, 0.05) is 4.88 Å². The molecule has 2 nitrogen and oxygen atoms in total. The molecule has 0 amide bonds. The van der Waals surface area contributed by atoms with Gasteiger partial charge in [-0.05, 0) is 19.9 Å². The van der Waals surface area contributed by atoms with Gasteiger partial charge in [-0.25, -0.2) is 9.97 Å². The minimum absolute atomic E-state index is 1.07. The highest BCUT2D eigenvalue weighted by Gasteiger charge is 2.01. The average molecular weight is 194 g/mol. The fourth-order valence-electron chi connectivity index (χ4n) is 1.09. The van der Waals surface area contributed by atoms with Crippen molar-refractivity contribution < 1.29 is 0 Å². The maximum Gasteiger partial charge on any atom is 0.116 e. The fraction of sp³-hybridized carbons (Fsp3) is 0.400. The van der Waals surface area contributed by atoms with E-state index in [1.807, 2.05) is 20.8 Å². The Hall–Kier alpha value is -0.960. The van der Waals surface area contributed by atoms with Crippen LogP contribution in [0.2, 0.25) is 0 Å². The number of hydrogen-bond donors (Lipinski definition) is 0. The first-order valence-electron chi connectivity index (χ1n) is 4.45. The van der Waals surface area contributed by atoms with Gasteiger partial charge in [-0.2, -0.15) is 0 Å². The molecule has 0 aromatic carbocycles. The minimum atomic E-state index is 1.07. The van der Waals surface area contributed by atoms with Crippen LogP contribution >= 0.6 is 11.3 Å². The molecular weight excluding hydrogens is 180 g/mol. The largest absolute Gasteiger partial charge is 0.240 e. The zero-order chi connectivity index (χ0) is 9.84. The van der Waals surface area contributed by atoms with Crippen LogP contribution in [0, 0.1) is 13.8 Å². The third-order valence-electron chi connectivity index (χ3n) is 1.61. The average Bonchev–Trinajstić information content (AvgIpc) is 2.51. The van der Waals surface area contributed by atoms with E-state index in [1.54, 1.807) is 17.7 Å². The molecule has 0 fully saturated rings. The number of nitrogens with zero attached hydrogens (tertiary/aromatic N) is 2. The monoisotopic (exact) mass is 194 g/mol. The summed E-state index contributed by atoms with van der Waals surface area (Å²) in [5, 5.41) is 0. The number of rotatable bonds is 0. The van der Waals surface area contributed by atoms with E-state index < -0.39 is 0 Å². The van der Waals surface area contributed by atoms with Gasteiger partial charge in [0.2, 0.25) is 0 Å². The van der Waals surface area contributed by atoms with Crippen LogP contribution in [0.4, 0.5) is 0 Å². The smallest absolute Gasteiger partial charge is 0.116 e. The van der Waals surface area contributed by atoms with Crippen molar-refractivity contribution in [1.82, 2.24) is 9.97 Å². The molecular formula is C10H14N2S. The van der Waals surface area contributed by atoms with Crippen molar-refractivity contribution in [2.75, 3.05) is 0 Å². The van der Waals surface area contributed by atoms with Gasteiger partial charge in [0.25, 0.3) is 0 Å². The van der Waals surface area contributed by atoms with Gasteiger partial charge in [-0.1, -0.05) is 13.8 Å². The molecule has 2 heterocycles. The number of hydrogen-bond acceptors (Lipinski definition) is 3. The van der Waals surface area contributed by atoms with Gasteiger partial charge in [0.15, 0.2) is 0 Å². The highest BCUT2D eigenvalue weighted by molar-refractivity contribution is 7.19. The second-order valence-electron chi connectivity index (χ2n) is 2.53. The highest BCUT2D eigenvalue weighted by atomic mass is 32.1. The Morgan fingerprint density at radius 3 is 2.46 bits per heavy atom. The van der Waals surface area contributed by atoms with Gasteiger partial charge >= 0.3 is 0 Å². The fourth-order valence-corrected chi connectivity index (χ4v) is 2.00. The summed E-state index contributed by atoms with van der Waals surface area (Å²) in [6, 6.07) is 2.09. The van der Waals surface area contributed by atoms with Crippen molar-refractivity contribution in [2.24, 2.45) is 0 Å².